The van der Waals surface area contributed by atoms with E-state index in [0.29, 0.717) is 23.3 Å². The fourth-order valence-corrected chi connectivity index (χ4v) is 6.10. The first-order valence-corrected chi connectivity index (χ1v) is 16.1. The summed E-state index contributed by atoms with van der Waals surface area (Å²) in [5.41, 5.74) is 8.82. The van der Waals surface area contributed by atoms with Gasteiger partial charge in [-0.1, -0.05) is 133 Å². The number of para-hydroxylation sites is 1. The molecule has 230 valence electrons. The molecular formula is C43H27N5O. The molecule has 0 fully saturated rings. The number of hydrogen-bond donors (Lipinski definition) is 0. The highest BCUT2D eigenvalue weighted by Crippen LogP contribution is 2.33. The van der Waals surface area contributed by atoms with E-state index in [4.69, 9.17) is 29.3 Å². The van der Waals surface area contributed by atoms with Crippen LogP contribution in [-0.4, -0.2) is 24.9 Å². The Bertz CT molecular complexity index is 2540. The Labute approximate surface area is 282 Å². The van der Waals surface area contributed by atoms with Gasteiger partial charge in [-0.05, 0) is 30.3 Å². The second-order valence-electron chi connectivity index (χ2n) is 11.8. The molecule has 0 spiro atoms. The number of fused-ring (bicyclic) bond motifs is 3. The van der Waals surface area contributed by atoms with E-state index in [1.165, 1.54) is 0 Å². The zero-order chi connectivity index (χ0) is 32.6. The Hall–Kier alpha value is -6.79. The van der Waals surface area contributed by atoms with Crippen LogP contribution < -0.4 is 0 Å². The summed E-state index contributed by atoms with van der Waals surface area (Å²) >= 11 is 0. The molecule has 0 atom stereocenters. The minimum Gasteiger partial charge on any atom is -0.456 e. The molecule has 9 rings (SSSR count). The third-order valence-corrected chi connectivity index (χ3v) is 8.55. The molecule has 0 amide bonds. The Kier molecular flexibility index (Phi) is 7.02. The zero-order valence-electron chi connectivity index (χ0n) is 26.2. The van der Waals surface area contributed by atoms with Crippen molar-refractivity contribution in [3.05, 3.63) is 164 Å². The van der Waals surface area contributed by atoms with Crippen LogP contribution in [0.2, 0.25) is 0 Å². The van der Waals surface area contributed by atoms with Gasteiger partial charge in [0.25, 0.3) is 0 Å². The summed E-state index contributed by atoms with van der Waals surface area (Å²) in [6.07, 6.45) is 0. The molecule has 0 saturated carbocycles. The first-order chi connectivity index (χ1) is 24.2. The van der Waals surface area contributed by atoms with Crippen molar-refractivity contribution in [3.63, 3.8) is 0 Å². The fraction of sp³-hybridized carbons (Fsp3) is 0. The lowest BCUT2D eigenvalue weighted by Gasteiger charge is -2.11. The molecule has 0 unspecified atom stereocenters. The van der Waals surface area contributed by atoms with Crippen LogP contribution in [0.1, 0.15) is 0 Å². The average molecular weight is 630 g/mol. The van der Waals surface area contributed by atoms with E-state index in [9.17, 15) is 0 Å². The van der Waals surface area contributed by atoms with Gasteiger partial charge in [-0.3, -0.25) is 0 Å². The molecule has 9 aromatic rings. The number of nitrogens with zero attached hydrogens (tertiary/aromatic N) is 5. The normalized spacial score (nSPS) is 11.3. The van der Waals surface area contributed by atoms with Crippen molar-refractivity contribution in [3.8, 4) is 68.1 Å². The minimum atomic E-state index is 0.554. The molecule has 6 nitrogen and oxygen atoms in total. The van der Waals surface area contributed by atoms with E-state index in [0.717, 1.165) is 66.7 Å². The summed E-state index contributed by atoms with van der Waals surface area (Å²) < 4.78 is 6.21. The molecule has 6 heteroatoms. The van der Waals surface area contributed by atoms with Gasteiger partial charge >= 0.3 is 0 Å². The van der Waals surface area contributed by atoms with Gasteiger partial charge in [-0.25, -0.2) is 24.9 Å². The lowest BCUT2D eigenvalue weighted by molar-refractivity contribution is 0.669. The third-order valence-electron chi connectivity index (χ3n) is 8.55. The molecule has 0 aliphatic carbocycles. The maximum Gasteiger partial charge on any atom is 0.164 e. The van der Waals surface area contributed by atoms with Crippen molar-refractivity contribution in [2.24, 2.45) is 0 Å². The molecule has 0 aliphatic heterocycles. The largest absolute Gasteiger partial charge is 0.456 e. The molecular weight excluding hydrogens is 603 g/mol. The minimum absolute atomic E-state index is 0.554. The predicted octanol–water partition coefficient (Wildman–Crippen LogP) is 10.6. The molecule has 0 bridgehead atoms. The van der Waals surface area contributed by atoms with E-state index in [2.05, 4.69) is 42.5 Å². The van der Waals surface area contributed by atoms with E-state index >= 15 is 0 Å². The van der Waals surface area contributed by atoms with Crippen LogP contribution in [-0.2, 0) is 0 Å². The standard InChI is InChI=1S/C43H27N5O/c1-4-13-28(14-5-1)36-27-37(29-15-6-2-7-16-29)45-41(44-36)31-19-12-20-32(25-31)42-46-40(30-17-8-3-9-18-30)47-43(48-42)33-23-24-35-34-21-10-11-22-38(34)49-39(35)26-33/h1-27H. The highest BCUT2D eigenvalue weighted by molar-refractivity contribution is 6.05. The van der Waals surface area contributed by atoms with Gasteiger partial charge in [0.15, 0.2) is 23.3 Å². The van der Waals surface area contributed by atoms with Gasteiger partial charge in [0, 0.05) is 44.2 Å². The summed E-state index contributed by atoms with van der Waals surface area (Å²) in [6, 6.07) is 54.7. The quantitative estimate of drug-likeness (QED) is 0.182. The summed E-state index contributed by atoms with van der Waals surface area (Å²) in [4.78, 5) is 25.0. The number of benzene rings is 6. The fourth-order valence-electron chi connectivity index (χ4n) is 6.10. The van der Waals surface area contributed by atoms with Gasteiger partial charge in [-0.2, -0.15) is 0 Å². The highest BCUT2D eigenvalue weighted by atomic mass is 16.3. The molecule has 0 radical (unpaired) electrons. The topological polar surface area (TPSA) is 77.6 Å². The average Bonchev–Trinajstić information content (AvgIpc) is 3.57. The van der Waals surface area contributed by atoms with Crippen molar-refractivity contribution >= 4 is 21.9 Å². The highest BCUT2D eigenvalue weighted by Gasteiger charge is 2.16. The van der Waals surface area contributed by atoms with Crippen LogP contribution >= 0.6 is 0 Å². The molecule has 0 N–H and O–H groups in total. The van der Waals surface area contributed by atoms with E-state index in [1.54, 1.807) is 0 Å². The molecule has 6 aromatic carbocycles. The van der Waals surface area contributed by atoms with Crippen molar-refractivity contribution < 1.29 is 4.42 Å². The lowest BCUT2D eigenvalue weighted by Crippen LogP contribution is -2.00. The monoisotopic (exact) mass is 629 g/mol. The van der Waals surface area contributed by atoms with E-state index in [1.807, 2.05) is 121 Å². The molecule has 3 heterocycles. The smallest absolute Gasteiger partial charge is 0.164 e. The van der Waals surface area contributed by atoms with E-state index in [-0.39, 0.29) is 0 Å². The molecule has 0 saturated heterocycles. The van der Waals surface area contributed by atoms with Gasteiger partial charge < -0.3 is 4.42 Å². The Balaban J connectivity index is 1.18. The second-order valence-corrected chi connectivity index (χ2v) is 11.8. The summed E-state index contributed by atoms with van der Waals surface area (Å²) in [7, 11) is 0. The Morgan fingerprint density at radius 2 is 0.735 bits per heavy atom. The van der Waals surface area contributed by atoms with E-state index < -0.39 is 0 Å². The summed E-state index contributed by atoms with van der Waals surface area (Å²) in [6.45, 7) is 0. The van der Waals surface area contributed by atoms with Crippen molar-refractivity contribution in [2.75, 3.05) is 0 Å². The SMILES string of the molecule is c1ccc(-c2cc(-c3ccccc3)nc(-c3cccc(-c4nc(-c5ccccc5)nc(-c5ccc6c(c5)oc5ccccc56)n4)c3)n2)cc1. The molecule has 49 heavy (non-hydrogen) atoms. The van der Waals surface area contributed by atoms with Crippen LogP contribution in [0.5, 0.6) is 0 Å². The number of rotatable bonds is 6. The van der Waals surface area contributed by atoms with Gasteiger partial charge in [0.1, 0.15) is 11.2 Å². The maximum atomic E-state index is 6.21. The number of furan rings is 1. The number of hydrogen-bond acceptors (Lipinski definition) is 6. The van der Waals surface area contributed by atoms with Gasteiger partial charge in [-0.15, -0.1) is 0 Å². The van der Waals surface area contributed by atoms with Crippen molar-refractivity contribution in [1.82, 2.24) is 24.9 Å². The first kappa shape index (κ1) is 28.4. The van der Waals surface area contributed by atoms with Crippen molar-refractivity contribution in [2.45, 2.75) is 0 Å². The maximum absolute atomic E-state index is 6.21. The van der Waals surface area contributed by atoms with Gasteiger partial charge in [0.05, 0.1) is 11.4 Å². The Morgan fingerprint density at radius 3 is 1.35 bits per heavy atom. The predicted molar refractivity (Wildman–Crippen MR) is 195 cm³/mol. The second kappa shape index (κ2) is 12.1. The third kappa shape index (κ3) is 5.51. The first-order valence-electron chi connectivity index (χ1n) is 16.1. The van der Waals surface area contributed by atoms with Crippen LogP contribution in [0, 0.1) is 0 Å². The molecule has 3 aromatic heterocycles. The van der Waals surface area contributed by atoms with Crippen LogP contribution in [0.3, 0.4) is 0 Å². The summed E-state index contributed by atoms with van der Waals surface area (Å²) in [5.74, 6) is 2.32. The van der Waals surface area contributed by atoms with Crippen LogP contribution in [0.15, 0.2) is 168 Å². The molecule has 0 aliphatic rings. The van der Waals surface area contributed by atoms with Crippen LogP contribution in [0.25, 0.3) is 90.0 Å². The van der Waals surface area contributed by atoms with Gasteiger partial charge in [0.2, 0.25) is 0 Å². The van der Waals surface area contributed by atoms with Crippen LogP contribution in [0.4, 0.5) is 0 Å². The number of aromatic nitrogens is 5. The lowest BCUT2D eigenvalue weighted by atomic mass is 10.1. The van der Waals surface area contributed by atoms with Crippen molar-refractivity contribution in [1.29, 1.82) is 0 Å². The Morgan fingerprint density at radius 1 is 0.286 bits per heavy atom. The summed E-state index contributed by atoms with van der Waals surface area (Å²) in [5, 5.41) is 2.13. The zero-order valence-corrected chi connectivity index (χ0v) is 26.2.